The minimum Gasteiger partial charge on any atom is -0.455 e. The molecular formula is C48H31BrN2O. The monoisotopic (exact) mass is 730 g/mol. The minimum absolute atomic E-state index is 0.868. The maximum atomic E-state index is 6.69. The van der Waals surface area contributed by atoms with Crippen molar-refractivity contribution in [3.05, 3.63) is 193 Å². The first-order valence-corrected chi connectivity index (χ1v) is 18.2. The third kappa shape index (κ3) is 5.19. The number of rotatable bonds is 6. The summed E-state index contributed by atoms with van der Waals surface area (Å²) in [6.07, 6.45) is 2.26. The van der Waals surface area contributed by atoms with Crippen molar-refractivity contribution in [2.24, 2.45) is 0 Å². The first-order chi connectivity index (χ1) is 25.7. The normalized spacial score (nSPS) is 11.6. The number of aromatic nitrogens is 1. The Kier molecular flexibility index (Phi) is 7.29. The van der Waals surface area contributed by atoms with Crippen molar-refractivity contribution < 1.29 is 4.42 Å². The van der Waals surface area contributed by atoms with E-state index in [1.165, 1.54) is 16.2 Å². The van der Waals surface area contributed by atoms with Crippen LogP contribution in [0, 0.1) is 0 Å². The van der Waals surface area contributed by atoms with E-state index in [1.807, 2.05) is 6.07 Å². The lowest BCUT2D eigenvalue weighted by Crippen LogP contribution is -2.09. The maximum absolute atomic E-state index is 6.69. The molecule has 4 heteroatoms. The number of hydrogen-bond acceptors (Lipinski definition) is 2. The van der Waals surface area contributed by atoms with Crippen molar-refractivity contribution >= 4 is 76.6 Å². The van der Waals surface area contributed by atoms with E-state index < -0.39 is 0 Å². The van der Waals surface area contributed by atoms with Crippen LogP contribution in [0.25, 0.3) is 71.6 Å². The second-order valence-electron chi connectivity index (χ2n) is 13.2. The van der Waals surface area contributed by atoms with E-state index in [9.17, 15) is 0 Å². The summed E-state index contributed by atoms with van der Waals surface area (Å²) in [5.41, 5.74) is 11.8. The fraction of sp³-hybridized carbons (Fsp3) is 0. The molecule has 3 nitrogen and oxygen atoms in total. The summed E-state index contributed by atoms with van der Waals surface area (Å²) in [4.78, 5) is 2.32. The van der Waals surface area contributed by atoms with Gasteiger partial charge in [0.05, 0.1) is 5.52 Å². The highest BCUT2D eigenvalue weighted by atomic mass is 79.9. The van der Waals surface area contributed by atoms with E-state index >= 15 is 0 Å². The predicted molar refractivity (Wildman–Crippen MR) is 221 cm³/mol. The molecule has 0 amide bonds. The lowest BCUT2D eigenvalue weighted by molar-refractivity contribution is 0.670. The number of nitrogens with zero attached hydrogens (tertiary/aromatic N) is 2. The summed E-state index contributed by atoms with van der Waals surface area (Å²) in [5, 5.41) is 5.79. The molecule has 0 N–H and O–H groups in total. The molecule has 0 radical (unpaired) electrons. The van der Waals surface area contributed by atoms with Gasteiger partial charge in [-0.3, -0.25) is 0 Å². The smallest absolute Gasteiger partial charge is 0.143 e. The fourth-order valence-corrected chi connectivity index (χ4v) is 7.92. The number of anilines is 3. The molecule has 10 rings (SSSR count). The van der Waals surface area contributed by atoms with E-state index in [-0.39, 0.29) is 0 Å². The van der Waals surface area contributed by atoms with E-state index in [0.29, 0.717) is 0 Å². The van der Waals surface area contributed by atoms with Crippen molar-refractivity contribution in [2.45, 2.75) is 0 Å². The zero-order chi connectivity index (χ0) is 34.6. The van der Waals surface area contributed by atoms with Gasteiger partial charge in [-0.15, -0.1) is 0 Å². The Labute approximate surface area is 309 Å². The highest BCUT2D eigenvalue weighted by molar-refractivity contribution is 9.10. The topological polar surface area (TPSA) is 21.3 Å². The molecule has 0 bridgehead atoms. The average molecular weight is 732 g/mol. The van der Waals surface area contributed by atoms with Gasteiger partial charge in [-0.25, -0.2) is 0 Å². The Morgan fingerprint density at radius 2 is 1.15 bits per heavy atom. The van der Waals surface area contributed by atoms with Crippen molar-refractivity contribution in [3.8, 4) is 27.9 Å². The van der Waals surface area contributed by atoms with Gasteiger partial charge >= 0.3 is 0 Å². The lowest BCUT2D eigenvalue weighted by Gasteiger charge is -2.26. The maximum Gasteiger partial charge on any atom is 0.143 e. The minimum atomic E-state index is 0.868. The summed E-state index contributed by atoms with van der Waals surface area (Å²) in [5.74, 6) is 0. The van der Waals surface area contributed by atoms with Crippen LogP contribution in [0.4, 0.5) is 17.1 Å². The van der Waals surface area contributed by atoms with Crippen LogP contribution in [-0.2, 0) is 0 Å². The van der Waals surface area contributed by atoms with Crippen LogP contribution in [-0.4, -0.2) is 4.57 Å². The number of halogens is 1. The molecule has 246 valence electrons. The van der Waals surface area contributed by atoms with Gasteiger partial charge in [0.15, 0.2) is 0 Å². The third-order valence-corrected chi connectivity index (χ3v) is 10.5. The van der Waals surface area contributed by atoms with E-state index in [4.69, 9.17) is 4.42 Å². The van der Waals surface area contributed by atoms with Gasteiger partial charge in [-0.05, 0) is 107 Å². The van der Waals surface area contributed by atoms with Crippen molar-refractivity contribution in [3.63, 3.8) is 0 Å². The molecule has 0 saturated heterocycles. The molecule has 0 saturated carbocycles. The molecule has 0 spiro atoms. The van der Waals surface area contributed by atoms with Gasteiger partial charge in [0, 0.05) is 60.7 Å². The second kappa shape index (κ2) is 12.4. The Bertz CT molecular complexity index is 2910. The molecule has 2 heterocycles. The molecule has 0 unspecified atom stereocenters. The summed E-state index contributed by atoms with van der Waals surface area (Å²) in [6, 6.07) is 64.7. The largest absolute Gasteiger partial charge is 0.455 e. The summed E-state index contributed by atoms with van der Waals surface area (Å²) >= 11 is 3.71. The standard InChI is InChI=1S/C48H31BrN2O/c49-36-22-26-47-42(30-36)43-28-35(29-44(48(43)52-47)45-31-50(37-13-3-1-4-14-37)46-18-10-9-17-41(45)46)33-19-23-39(24-20-33)51(38-15-5-2-6-16-38)40-25-21-32-11-7-8-12-34(32)27-40/h1-31H. The van der Waals surface area contributed by atoms with E-state index in [2.05, 4.69) is 208 Å². The lowest BCUT2D eigenvalue weighted by atomic mass is 9.95. The molecule has 2 aromatic heterocycles. The van der Waals surface area contributed by atoms with Crippen LogP contribution in [0.5, 0.6) is 0 Å². The number of hydrogen-bond donors (Lipinski definition) is 0. The van der Waals surface area contributed by atoms with Gasteiger partial charge in [-0.2, -0.15) is 0 Å². The van der Waals surface area contributed by atoms with Gasteiger partial charge in [0.2, 0.25) is 0 Å². The van der Waals surface area contributed by atoms with Gasteiger partial charge in [0.1, 0.15) is 11.2 Å². The zero-order valence-electron chi connectivity index (χ0n) is 28.1. The number of furan rings is 1. The number of fused-ring (bicyclic) bond motifs is 5. The first kappa shape index (κ1) is 30.5. The summed E-state index contributed by atoms with van der Waals surface area (Å²) in [7, 11) is 0. The molecule has 0 aliphatic heterocycles. The van der Waals surface area contributed by atoms with Crippen molar-refractivity contribution in [1.29, 1.82) is 0 Å². The van der Waals surface area contributed by atoms with Gasteiger partial charge < -0.3 is 13.9 Å². The highest BCUT2D eigenvalue weighted by Gasteiger charge is 2.20. The summed E-state index contributed by atoms with van der Waals surface area (Å²) < 4.78 is 9.99. The van der Waals surface area contributed by atoms with Crippen LogP contribution in [0.15, 0.2) is 197 Å². The van der Waals surface area contributed by atoms with Gasteiger partial charge in [-0.1, -0.05) is 113 Å². The average Bonchev–Trinajstić information content (AvgIpc) is 3.77. The molecule has 0 aliphatic carbocycles. The van der Waals surface area contributed by atoms with Crippen LogP contribution >= 0.6 is 15.9 Å². The Hall–Kier alpha value is -6.36. The predicted octanol–water partition coefficient (Wildman–Crippen LogP) is 14.2. The fourth-order valence-electron chi connectivity index (χ4n) is 7.56. The Morgan fingerprint density at radius 3 is 1.98 bits per heavy atom. The van der Waals surface area contributed by atoms with Crippen molar-refractivity contribution in [2.75, 3.05) is 4.90 Å². The molecule has 0 fully saturated rings. The van der Waals surface area contributed by atoms with E-state index in [0.717, 1.165) is 76.9 Å². The SMILES string of the molecule is Brc1ccc2oc3c(-c4cn(-c5ccccc5)c5ccccc45)cc(-c4ccc(N(c5ccccc5)c5ccc6ccccc6c5)cc4)cc3c2c1. The second-order valence-corrected chi connectivity index (χ2v) is 14.1. The highest BCUT2D eigenvalue weighted by Crippen LogP contribution is 2.44. The molecule has 52 heavy (non-hydrogen) atoms. The van der Waals surface area contributed by atoms with Crippen LogP contribution in [0.3, 0.4) is 0 Å². The molecule has 10 aromatic rings. The van der Waals surface area contributed by atoms with Gasteiger partial charge in [0.25, 0.3) is 0 Å². The number of benzene rings is 8. The molecule has 0 atom stereocenters. The molecule has 8 aromatic carbocycles. The quantitative estimate of drug-likeness (QED) is 0.170. The molecule has 0 aliphatic rings. The Morgan fingerprint density at radius 1 is 0.462 bits per heavy atom. The van der Waals surface area contributed by atoms with Crippen LogP contribution < -0.4 is 4.90 Å². The van der Waals surface area contributed by atoms with E-state index in [1.54, 1.807) is 0 Å². The molecular weight excluding hydrogens is 700 g/mol. The van der Waals surface area contributed by atoms with Crippen molar-refractivity contribution in [1.82, 2.24) is 4.57 Å². The van der Waals surface area contributed by atoms with Crippen LogP contribution in [0.2, 0.25) is 0 Å². The third-order valence-electron chi connectivity index (χ3n) is 10.0. The summed E-state index contributed by atoms with van der Waals surface area (Å²) in [6.45, 7) is 0. The first-order valence-electron chi connectivity index (χ1n) is 17.4. The number of para-hydroxylation sites is 3. The van der Waals surface area contributed by atoms with Crippen LogP contribution in [0.1, 0.15) is 0 Å². The zero-order valence-corrected chi connectivity index (χ0v) is 29.7. The Balaban J connectivity index is 1.15.